The second-order valence-corrected chi connectivity index (χ2v) is 4.18. The van der Waals surface area contributed by atoms with Gasteiger partial charge in [-0.05, 0) is 12.8 Å². The van der Waals surface area contributed by atoms with E-state index in [2.05, 4.69) is 0 Å². The Bertz CT molecular complexity index is 194. The minimum Gasteiger partial charge on any atom is -0.317 e. The summed E-state index contributed by atoms with van der Waals surface area (Å²) >= 11 is 0. The van der Waals surface area contributed by atoms with Crippen molar-refractivity contribution in [2.45, 2.75) is 12.8 Å². The Labute approximate surface area is 61.1 Å². The van der Waals surface area contributed by atoms with Crippen LogP contribution in [0.25, 0.3) is 0 Å². The molecule has 0 aromatic carbocycles. The van der Waals surface area contributed by atoms with E-state index < -0.39 is 10.0 Å². The average Bonchev–Trinajstić information content (AvgIpc) is 2.38. The molecule has 1 aliphatic rings. The standard InChI is InChI=1S/C5H11N2O2S/c6-5-10(8,9)7-3-1-2-4-7/h3H,1-2,4-6H2. The molecule has 0 spiro atoms. The van der Waals surface area contributed by atoms with Crippen molar-refractivity contribution >= 4 is 10.0 Å². The van der Waals surface area contributed by atoms with Crippen molar-refractivity contribution in [2.75, 3.05) is 12.4 Å². The van der Waals surface area contributed by atoms with Gasteiger partial charge in [0.05, 0.1) is 0 Å². The summed E-state index contributed by atoms with van der Waals surface area (Å²) in [5, 5.41) is 0. The Hall–Kier alpha value is -0.130. The van der Waals surface area contributed by atoms with E-state index in [1.54, 1.807) is 6.54 Å². The van der Waals surface area contributed by atoms with Crippen LogP contribution in [0.3, 0.4) is 0 Å². The van der Waals surface area contributed by atoms with Gasteiger partial charge in [-0.3, -0.25) is 0 Å². The quantitative estimate of drug-likeness (QED) is 0.596. The van der Waals surface area contributed by atoms with Crippen molar-refractivity contribution in [3.05, 3.63) is 6.54 Å². The summed E-state index contributed by atoms with van der Waals surface area (Å²) in [4.78, 5) is 0. The third kappa shape index (κ3) is 1.47. The third-order valence-electron chi connectivity index (χ3n) is 1.48. The molecule has 1 fully saturated rings. The van der Waals surface area contributed by atoms with Crippen molar-refractivity contribution in [3.63, 3.8) is 0 Å². The summed E-state index contributed by atoms with van der Waals surface area (Å²) in [5.74, 6) is -0.288. The van der Waals surface area contributed by atoms with Crippen LogP contribution in [0.2, 0.25) is 0 Å². The fourth-order valence-corrected chi connectivity index (χ4v) is 1.85. The van der Waals surface area contributed by atoms with Crippen LogP contribution in [0, 0.1) is 6.54 Å². The second-order valence-electron chi connectivity index (χ2n) is 2.21. The zero-order valence-corrected chi connectivity index (χ0v) is 6.47. The van der Waals surface area contributed by atoms with Crippen LogP contribution in [0.4, 0.5) is 0 Å². The largest absolute Gasteiger partial charge is 0.317 e. The number of hydrogen-bond donors (Lipinski definition) is 1. The molecule has 1 aliphatic heterocycles. The van der Waals surface area contributed by atoms with Gasteiger partial charge in [-0.25, -0.2) is 8.42 Å². The van der Waals surface area contributed by atoms with Gasteiger partial charge in [-0.2, -0.15) is 4.31 Å². The maximum absolute atomic E-state index is 11.0. The molecule has 2 N–H and O–H groups in total. The predicted molar refractivity (Wildman–Crippen MR) is 38.2 cm³/mol. The number of nitrogens with zero attached hydrogens (tertiary/aromatic N) is 1. The van der Waals surface area contributed by atoms with E-state index in [-0.39, 0.29) is 5.88 Å². The van der Waals surface area contributed by atoms with Crippen LogP contribution in [0.1, 0.15) is 12.8 Å². The Morgan fingerprint density at radius 2 is 2.30 bits per heavy atom. The van der Waals surface area contributed by atoms with E-state index in [9.17, 15) is 8.42 Å². The number of sulfonamides is 1. The zero-order valence-electron chi connectivity index (χ0n) is 5.66. The maximum atomic E-state index is 11.0. The summed E-state index contributed by atoms with van der Waals surface area (Å²) in [5.41, 5.74) is 5.04. The molecule has 0 saturated carbocycles. The van der Waals surface area contributed by atoms with E-state index in [1.165, 1.54) is 4.31 Å². The molecule has 59 valence electrons. The highest BCUT2D eigenvalue weighted by molar-refractivity contribution is 7.89. The highest BCUT2D eigenvalue weighted by Crippen LogP contribution is 2.15. The number of nitrogens with two attached hydrogens (primary N) is 1. The topological polar surface area (TPSA) is 63.4 Å². The smallest absolute Gasteiger partial charge is 0.227 e. The van der Waals surface area contributed by atoms with Gasteiger partial charge in [0, 0.05) is 13.1 Å². The molecule has 0 unspecified atom stereocenters. The first-order valence-corrected chi connectivity index (χ1v) is 4.80. The molecule has 1 rings (SSSR count). The van der Waals surface area contributed by atoms with Gasteiger partial charge < -0.3 is 5.73 Å². The zero-order chi connectivity index (χ0) is 7.61. The summed E-state index contributed by atoms with van der Waals surface area (Å²) in [6.45, 7) is 2.28. The third-order valence-corrected chi connectivity index (χ3v) is 2.95. The molecule has 10 heavy (non-hydrogen) atoms. The van der Waals surface area contributed by atoms with Crippen molar-refractivity contribution in [3.8, 4) is 0 Å². The molecule has 1 heterocycles. The Morgan fingerprint density at radius 3 is 2.70 bits per heavy atom. The normalized spacial score (nSPS) is 21.7. The maximum Gasteiger partial charge on any atom is 0.227 e. The second kappa shape index (κ2) is 2.86. The van der Waals surface area contributed by atoms with Gasteiger partial charge in [0.2, 0.25) is 10.0 Å². The first-order chi connectivity index (χ1) is 4.67. The fourth-order valence-electron chi connectivity index (χ4n) is 0.922. The number of rotatable bonds is 2. The van der Waals surface area contributed by atoms with E-state index in [4.69, 9.17) is 5.73 Å². The summed E-state index contributed by atoms with van der Waals surface area (Å²) in [6.07, 6.45) is 1.76. The summed E-state index contributed by atoms with van der Waals surface area (Å²) in [7, 11) is -3.14. The van der Waals surface area contributed by atoms with E-state index in [0.717, 1.165) is 12.8 Å². The summed E-state index contributed by atoms with van der Waals surface area (Å²) < 4.78 is 23.3. The van der Waals surface area contributed by atoms with Crippen LogP contribution in [0.15, 0.2) is 0 Å². The van der Waals surface area contributed by atoms with Gasteiger partial charge in [0.1, 0.15) is 5.88 Å². The molecule has 0 aliphatic carbocycles. The molecule has 1 saturated heterocycles. The van der Waals surface area contributed by atoms with Gasteiger partial charge in [-0.15, -0.1) is 0 Å². The first kappa shape index (κ1) is 7.97. The lowest BCUT2D eigenvalue weighted by Gasteiger charge is -2.11. The molecule has 5 heteroatoms. The molecular formula is C5H11N2O2S. The molecule has 4 nitrogen and oxygen atoms in total. The highest BCUT2D eigenvalue weighted by Gasteiger charge is 2.23. The van der Waals surface area contributed by atoms with Crippen molar-refractivity contribution in [1.82, 2.24) is 4.31 Å². The highest BCUT2D eigenvalue weighted by atomic mass is 32.2. The molecule has 0 atom stereocenters. The molecule has 0 bridgehead atoms. The van der Waals surface area contributed by atoms with E-state index in [0.29, 0.717) is 6.54 Å². The number of hydrogen-bond acceptors (Lipinski definition) is 3. The SMILES string of the molecule is NCS(=O)(=O)N1[CH]CCC1. The molecule has 0 aromatic heterocycles. The van der Waals surface area contributed by atoms with Crippen LogP contribution < -0.4 is 5.73 Å². The minimum absolute atomic E-state index is 0.288. The van der Waals surface area contributed by atoms with Crippen molar-refractivity contribution < 1.29 is 8.42 Å². The lowest BCUT2D eigenvalue weighted by atomic mass is 10.4. The molecule has 1 radical (unpaired) electrons. The van der Waals surface area contributed by atoms with Crippen LogP contribution in [-0.4, -0.2) is 25.1 Å². The van der Waals surface area contributed by atoms with Crippen LogP contribution >= 0.6 is 0 Å². The molecular weight excluding hydrogens is 152 g/mol. The van der Waals surface area contributed by atoms with Gasteiger partial charge in [0.15, 0.2) is 0 Å². The molecule has 0 amide bonds. The first-order valence-electron chi connectivity index (χ1n) is 3.20. The Balaban J connectivity index is 2.63. The van der Waals surface area contributed by atoms with Crippen LogP contribution in [0.5, 0.6) is 0 Å². The monoisotopic (exact) mass is 163 g/mol. The van der Waals surface area contributed by atoms with Crippen LogP contribution in [-0.2, 0) is 10.0 Å². The predicted octanol–water partition coefficient (Wildman–Crippen LogP) is -0.510. The Morgan fingerprint density at radius 1 is 1.60 bits per heavy atom. The van der Waals surface area contributed by atoms with Gasteiger partial charge in [-0.1, -0.05) is 0 Å². The lowest BCUT2D eigenvalue weighted by molar-refractivity contribution is 0.508. The minimum atomic E-state index is -3.14. The fraction of sp³-hybridized carbons (Fsp3) is 0.800. The van der Waals surface area contributed by atoms with Gasteiger partial charge in [0.25, 0.3) is 0 Å². The average molecular weight is 163 g/mol. The Kier molecular flexibility index (Phi) is 2.28. The van der Waals surface area contributed by atoms with E-state index in [1.807, 2.05) is 0 Å². The van der Waals surface area contributed by atoms with E-state index >= 15 is 0 Å². The summed E-state index contributed by atoms with van der Waals surface area (Å²) in [6, 6.07) is 0. The molecule has 0 aromatic rings. The van der Waals surface area contributed by atoms with Gasteiger partial charge >= 0.3 is 0 Å². The lowest BCUT2D eigenvalue weighted by Crippen LogP contribution is -2.31. The van der Waals surface area contributed by atoms with Crippen molar-refractivity contribution in [2.24, 2.45) is 5.73 Å². The van der Waals surface area contributed by atoms with Crippen molar-refractivity contribution in [1.29, 1.82) is 0 Å².